The van der Waals surface area contributed by atoms with Crippen molar-refractivity contribution in [3.8, 4) is 0 Å². The zero-order valence-corrected chi connectivity index (χ0v) is 15.6. The van der Waals surface area contributed by atoms with Gasteiger partial charge in [-0.3, -0.25) is 4.18 Å². The Kier molecular flexibility index (Phi) is 7.43. The highest BCUT2D eigenvalue weighted by atomic mass is 32.2. The number of aryl methyl sites for hydroxylation is 1. The van der Waals surface area contributed by atoms with Gasteiger partial charge in [0.05, 0.1) is 11.5 Å². The lowest BCUT2D eigenvalue weighted by Crippen LogP contribution is -2.10. The predicted octanol–water partition coefficient (Wildman–Crippen LogP) is 3.41. The van der Waals surface area contributed by atoms with Gasteiger partial charge >= 0.3 is 0 Å². The summed E-state index contributed by atoms with van der Waals surface area (Å²) < 4.78 is 29.1. The molecule has 0 heterocycles. The second kappa shape index (κ2) is 9.57. The molecular formula is C19H22O3SSi. The largest absolute Gasteiger partial charge is 0.296 e. The summed E-state index contributed by atoms with van der Waals surface area (Å²) in [6.45, 7) is 2.15. The van der Waals surface area contributed by atoms with Crippen LogP contribution >= 0.6 is 0 Å². The van der Waals surface area contributed by atoms with Crippen molar-refractivity contribution in [1.29, 1.82) is 0 Å². The Morgan fingerprint density at radius 3 is 2.42 bits per heavy atom. The quantitative estimate of drug-likeness (QED) is 0.392. The van der Waals surface area contributed by atoms with E-state index in [1.807, 2.05) is 25.1 Å². The highest BCUT2D eigenvalue weighted by molar-refractivity contribution is 7.86. The minimum atomic E-state index is -3.63. The summed E-state index contributed by atoms with van der Waals surface area (Å²) in [7, 11) is -2.95. The van der Waals surface area contributed by atoms with E-state index in [1.54, 1.807) is 24.3 Å². The third-order valence-electron chi connectivity index (χ3n) is 3.45. The molecule has 2 radical (unpaired) electrons. The molecule has 0 aliphatic rings. The first-order valence-corrected chi connectivity index (χ1v) is 10.5. The fraction of sp³-hybridized carbons (Fsp3) is 0.263. The minimum absolute atomic E-state index is 0.219. The molecule has 0 fully saturated rings. The molecule has 0 aromatic heterocycles. The minimum Gasteiger partial charge on any atom is -0.266 e. The van der Waals surface area contributed by atoms with Crippen molar-refractivity contribution in [3.63, 3.8) is 0 Å². The first kappa shape index (κ1) is 18.6. The number of allylic oxidation sites excluding steroid dienone is 1. The lowest BCUT2D eigenvalue weighted by atomic mass is 10.2. The average Bonchev–Trinajstić information content (AvgIpc) is 2.58. The Hall–Kier alpha value is -1.69. The normalized spacial score (nSPS) is 11.9. The summed E-state index contributed by atoms with van der Waals surface area (Å²) in [5.74, 6) is 0. The van der Waals surface area contributed by atoms with E-state index < -0.39 is 10.1 Å². The maximum atomic E-state index is 12.0. The van der Waals surface area contributed by atoms with Crippen molar-refractivity contribution in [2.45, 2.75) is 31.1 Å². The van der Waals surface area contributed by atoms with Crippen molar-refractivity contribution in [2.75, 3.05) is 6.61 Å². The van der Waals surface area contributed by atoms with Crippen LogP contribution in [0.15, 0.2) is 71.3 Å². The van der Waals surface area contributed by atoms with E-state index in [9.17, 15) is 8.42 Å². The van der Waals surface area contributed by atoms with Gasteiger partial charge in [0, 0.05) is 0 Å². The van der Waals surface area contributed by atoms with Crippen LogP contribution in [-0.4, -0.2) is 24.5 Å². The molecule has 0 N–H and O–H groups in total. The molecular weight excluding hydrogens is 336 g/mol. The van der Waals surface area contributed by atoms with Crippen LogP contribution in [0.25, 0.3) is 0 Å². The lowest BCUT2D eigenvalue weighted by molar-refractivity contribution is 0.309. The van der Waals surface area contributed by atoms with Gasteiger partial charge in [0.1, 0.15) is 9.52 Å². The first-order chi connectivity index (χ1) is 11.6. The van der Waals surface area contributed by atoms with Gasteiger partial charge in [-0.25, -0.2) is 0 Å². The molecule has 0 bridgehead atoms. The van der Waals surface area contributed by atoms with Crippen LogP contribution < -0.4 is 5.19 Å². The molecule has 0 spiro atoms. The third kappa shape index (κ3) is 6.43. The SMILES string of the molecule is Cc1ccc(S(=O)(=O)OCCCC/C=C/[Si]c2ccccc2)cc1. The van der Waals surface area contributed by atoms with Crippen molar-refractivity contribution < 1.29 is 12.6 Å². The zero-order chi connectivity index (χ0) is 17.3. The summed E-state index contributed by atoms with van der Waals surface area (Å²) in [6, 6.07) is 17.0. The van der Waals surface area contributed by atoms with Gasteiger partial charge in [0.15, 0.2) is 0 Å². The number of hydrogen-bond acceptors (Lipinski definition) is 3. The predicted molar refractivity (Wildman–Crippen MR) is 99.1 cm³/mol. The fourth-order valence-electron chi connectivity index (χ4n) is 2.08. The van der Waals surface area contributed by atoms with Crippen molar-refractivity contribution in [1.82, 2.24) is 0 Å². The Morgan fingerprint density at radius 2 is 1.71 bits per heavy atom. The second-order valence-corrected chi connectivity index (χ2v) is 8.31. The van der Waals surface area contributed by atoms with Gasteiger partial charge in [-0.1, -0.05) is 65.0 Å². The molecule has 0 saturated carbocycles. The molecule has 0 aliphatic heterocycles. The van der Waals surface area contributed by atoms with Gasteiger partial charge in [-0.05, 0) is 38.3 Å². The van der Waals surface area contributed by atoms with Crippen molar-refractivity contribution in [2.24, 2.45) is 0 Å². The van der Waals surface area contributed by atoms with Crippen molar-refractivity contribution >= 4 is 24.8 Å². The van der Waals surface area contributed by atoms with E-state index in [2.05, 4.69) is 23.9 Å². The maximum absolute atomic E-state index is 12.0. The Morgan fingerprint density at radius 1 is 1.00 bits per heavy atom. The topological polar surface area (TPSA) is 43.4 Å². The van der Waals surface area contributed by atoms with Gasteiger partial charge < -0.3 is 0 Å². The summed E-state index contributed by atoms with van der Waals surface area (Å²) in [5, 5.41) is 1.32. The second-order valence-electron chi connectivity index (χ2n) is 5.50. The molecule has 24 heavy (non-hydrogen) atoms. The fourth-order valence-corrected chi connectivity index (χ4v) is 3.88. The van der Waals surface area contributed by atoms with Crippen LogP contribution in [0.1, 0.15) is 24.8 Å². The Labute approximate surface area is 147 Å². The van der Waals surface area contributed by atoms with Crippen LogP contribution in [0.3, 0.4) is 0 Å². The van der Waals surface area contributed by atoms with E-state index in [4.69, 9.17) is 4.18 Å². The number of unbranched alkanes of at least 4 members (excludes halogenated alkanes) is 2. The first-order valence-electron chi connectivity index (χ1n) is 8.01. The van der Waals surface area contributed by atoms with Crippen LogP contribution in [0.5, 0.6) is 0 Å². The highest BCUT2D eigenvalue weighted by Crippen LogP contribution is 2.13. The number of rotatable bonds is 9. The van der Waals surface area contributed by atoms with Gasteiger partial charge in [0.2, 0.25) is 0 Å². The summed E-state index contributed by atoms with van der Waals surface area (Å²) in [4.78, 5) is 0.219. The monoisotopic (exact) mass is 358 g/mol. The van der Waals surface area contributed by atoms with E-state index >= 15 is 0 Å². The molecule has 0 saturated heterocycles. The van der Waals surface area contributed by atoms with Crippen LogP contribution in [-0.2, 0) is 14.3 Å². The van der Waals surface area contributed by atoms with E-state index in [0.29, 0.717) is 9.52 Å². The molecule has 2 aromatic carbocycles. The van der Waals surface area contributed by atoms with Crippen LogP contribution in [0, 0.1) is 6.92 Å². The van der Waals surface area contributed by atoms with Gasteiger partial charge in [-0.15, -0.1) is 0 Å². The van der Waals surface area contributed by atoms with E-state index in [1.165, 1.54) is 5.19 Å². The molecule has 0 atom stereocenters. The number of benzene rings is 2. The summed E-state index contributed by atoms with van der Waals surface area (Å²) >= 11 is 0. The zero-order valence-electron chi connectivity index (χ0n) is 13.8. The van der Waals surface area contributed by atoms with Crippen LogP contribution in [0.2, 0.25) is 0 Å². The molecule has 2 rings (SSSR count). The molecule has 0 aliphatic carbocycles. The van der Waals surface area contributed by atoms with Crippen LogP contribution in [0.4, 0.5) is 0 Å². The lowest BCUT2D eigenvalue weighted by Gasteiger charge is -2.05. The highest BCUT2D eigenvalue weighted by Gasteiger charge is 2.13. The van der Waals surface area contributed by atoms with Gasteiger partial charge in [0.25, 0.3) is 10.1 Å². The van der Waals surface area contributed by atoms with E-state index in [0.717, 1.165) is 24.8 Å². The molecule has 2 aromatic rings. The molecule has 126 valence electrons. The van der Waals surface area contributed by atoms with Gasteiger partial charge in [-0.2, -0.15) is 8.42 Å². The third-order valence-corrected chi connectivity index (χ3v) is 5.85. The molecule has 3 nitrogen and oxygen atoms in total. The molecule has 5 heteroatoms. The standard InChI is InChI=1S/C19H22O3SSi/c1-17-11-13-18(14-12-17)23(20,21)22-15-7-2-3-8-16-24-19-9-5-4-6-10-19/h4-6,8-14,16H,2-3,7,15H2,1H3/b16-8+. The average molecular weight is 359 g/mol. The molecule has 0 amide bonds. The summed E-state index contributed by atoms with van der Waals surface area (Å²) in [5.41, 5.74) is 3.20. The Bertz CT molecular complexity index is 738. The Balaban J connectivity index is 1.63. The maximum Gasteiger partial charge on any atom is 0.296 e. The smallest absolute Gasteiger partial charge is 0.266 e. The molecule has 0 unspecified atom stereocenters. The van der Waals surface area contributed by atoms with E-state index in [-0.39, 0.29) is 11.5 Å². The summed E-state index contributed by atoms with van der Waals surface area (Å²) in [6.07, 6.45) is 4.73. The number of hydrogen-bond donors (Lipinski definition) is 0. The van der Waals surface area contributed by atoms with Crippen molar-refractivity contribution in [3.05, 3.63) is 71.9 Å².